The molecule has 0 aliphatic carbocycles. The number of amides is 2. The normalized spacial score (nSPS) is 18.5. The summed E-state index contributed by atoms with van der Waals surface area (Å²) in [6, 6.07) is 15.5. The van der Waals surface area contributed by atoms with Gasteiger partial charge in [0, 0.05) is 23.7 Å². The van der Waals surface area contributed by atoms with Crippen LogP contribution in [0, 0.1) is 6.92 Å². The SMILES string of the molecule is CCCCCC(=O)N[C@H]1C[C@@H](C)N(C(=O)c2ccccc2)c2ccc(C)cc21. The molecule has 0 unspecified atom stereocenters. The summed E-state index contributed by atoms with van der Waals surface area (Å²) in [6.07, 6.45) is 4.38. The van der Waals surface area contributed by atoms with Crippen LogP contribution >= 0.6 is 0 Å². The van der Waals surface area contributed by atoms with Gasteiger partial charge in [-0.25, -0.2) is 0 Å². The summed E-state index contributed by atoms with van der Waals surface area (Å²) in [5.74, 6) is 0.104. The lowest BCUT2D eigenvalue weighted by Crippen LogP contribution is -2.46. The Morgan fingerprint density at radius 3 is 2.57 bits per heavy atom. The molecular formula is C24H30N2O2. The molecule has 0 saturated carbocycles. The first-order chi connectivity index (χ1) is 13.5. The second-order valence-electron chi connectivity index (χ2n) is 7.77. The minimum absolute atomic E-state index is 0.00357. The van der Waals surface area contributed by atoms with Crippen molar-refractivity contribution < 1.29 is 9.59 Å². The number of anilines is 1. The van der Waals surface area contributed by atoms with Crippen molar-refractivity contribution in [2.24, 2.45) is 0 Å². The number of nitrogens with one attached hydrogen (secondary N) is 1. The zero-order valence-corrected chi connectivity index (χ0v) is 17.1. The monoisotopic (exact) mass is 378 g/mol. The van der Waals surface area contributed by atoms with E-state index in [2.05, 4.69) is 25.2 Å². The van der Waals surface area contributed by atoms with Gasteiger partial charge in [-0.15, -0.1) is 0 Å². The first kappa shape index (κ1) is 20.1. The van der Waals surface area contributed by atoms with Gasteiger partial charge >= 0.3 is 0 Å². The number of nitrogens with zero attached hydrogens (tertiary/aromatic N) is 1. The van der Waals surface area contributed by atoms with Crippen molar-refractivity contribution >= 4 is 17.5 Å². The number of benzene rings is 2. The van der Waals surface area contributed by atoms with Gasteiger partial charge in [-0.1, -0.05) is 55.7 Å². The maximum Gasteiger partial charge on any atom is 0.258 e. The molecule has 0 spiro atoms. The Hall–Kier alpha value is -2.62. The molecule has 2 aromatic rings. The summed E-state index contributed by atoms with van der Waals surface area (Å²) in [6.45, 7) is 6.24. The average molecular weight is 379 g/mol. The summed E-state index contributed by atoms with van der Waals surface area (Å²) in [4.78, 5) is 27.5. The third kappa shape index (κ3) is 4.44. The summed E-state index contributed by atoms with van der Waals surface area (Å²) in [5.41, 5.74) is 3.75. The van der Waals surface area contributed by atoms with Crippen LogP contribution in [0.5, 0.6) is 0 Å². The molecule has 1 aliphatic heterocycles. The van der Waals surface area contributed by atoms with E-state index in [4.69, 9.17) is 0 Å². The van der Waals surface area contributed by atoms with Crippen molar-refractivity contribution in [2.75, 3.05) is 4.90 Å². The molecule has 4 nitrogen and oxygen atoms in total. The molecule has 2 aromatic carbocycles. The van der Waals surface area contributed by atoms with Crippen molar-refractivity contribution in [1.29, 1.82) is 0 Å². The van der Waals surface area contributed by atoms with Gasteiger partial charge in [0.05, 0.1) is 6.04 Å². The van der Waals surface area contributed by atoms with Crippen LogP contribution < -0.4 is 10.2 Å². The minimum Gasteiger partial charge on any atom is -0.349 e. The van der Waals surface area contributed by atoms with Gasteiger partial charge in [-0.05, 0) is 50.5 Å². The highest BCUT2D eigenvalue weighted by molar-refractivity contribution is 6.07. The Balaban J connectivity index is 1.87. The summed E-state index contributed by atoms with van der Waals surface area (Å²) < 4.78 is 0. The van der Waals surface area contributed by atoms with Crippen LogP contribution in [0.25, 0.3) is 0 Å². The fourth-order valence-corrected chi connectivity index (χ4v) is 3.95. The molecule has 1 heterocycles. The lowest BCUT2D eigenvalue weighted by Gasteiger charge is -2.40. The molecule has 2 amide bonds. The van der Waals surface area contributed by atoms with E-state index in [1.165, 1.54) is 0 Å². The standard InChI is InChI=1S/C24H30N2O2/c1-4-5-7-12-23(27)25-21-16-18(3)26(22-14-13-17(2)15-20(21)22)24(28)19-10-8-6-9-11-19/h6,8-11,13-15,18,21H,4-5,7,12,16H2,1-3H3,(H,25,27)/t18-,21+/m1/s1. The molecule has 3 rings (SSSR count). The van der Waals surface area contributed by atoms with Crippen molar-refractivity contribution in [3.8, 4) is 0 Å². The number of aryl methyl sites for hydroxylation is 1. The van der Waals surface area contributed by atoms with E-state index < -0.39 is 0 Å². The number of unbranched alkanes of at least 4 members (excludes halogenated alkanes) is 2. The van der Waals surface area contributed by atoms with Crippen LogP contribution in [-0.2, 0) is 4.79 Å². The van der Waals surface area contributed by atoms with Gasteiger partial charge in [-0.3, -0.25) is 9.59 Å². The van der Waals surface area contributed by atoms with Crippen LogP contribution in [0.4, 0.5) is 5.69 Å². The predicted octanol–water partition coefficient (Wildman–Crippen LogP) is 5.17. The van der Waals surface area contributed by atoms with Crippen molar-refractivity contribution in [2.45, 2.75) is 65.0 Å². The Morgan fingerprint density at radius 2 is 1.86 bits per heavy atom. The maximum absolute atomic E-state index is 13.2. The molecular weight excluding hydrogens is 348 g/mol. The number of carbonyl (C=O) groups is 2. The third-order valence-corrected chi connectivity index (χ3v) is 5.42. The van der Waals surface area contributed by atoms with Crippen molar-refractivity contribution in [3.63, 3.8) is 0 Å². The number of hydrogen-bond acceptors (Lipinski definition) is 2. The zero-order valence-electron chi connectivity index (χ0n) is 17.1. The largest absolute Gasteiger partial charge is 0.349 e. The quantitative estimate of drug-likeness (QED) is 0.705. The van der Waals surface area contributed by atoms with Gasteiger partial charge in [-0.2, -0.15) is 0 Å². The van der Waals surface area contributed by atoms with E-state index in [0.29, 0.717) is 18.4 Å². The highest BCUT2D eigenvalue weighted by atomic mass is 16.2. The van der Waals surface area contributed by atoms with E-state index in [1.54, 1.807) is 0 Å². The molecule has 148 valence electrons. The number of fused-ring (bicyclic) bond motifs is 1. The molecule has 2 atom stereocenters. The molecule has 0 saturated heterocycles. The van der Waals surface area contributed by atoms with Gasteiger partial charge in [0.15, 0.2) is 0 Å². The molecule has 0 fully saturated rings. The van der Waals surface area contributed by atoms with Gasteiger partial charge < -0.3 is 10.2 Å². The fourth-order valence-electron chi connectivity index (χ4n) is 3.95. The van der Waals surface area contributed by atoms with E-state index in [9.17, 15) is 9.59 Å². The average Bonchev–Trinajstić information content (AvgIpc) is 2.69. The zero-order chi connectivity index (χ0) is 20.1. The Kier molecular flexibility index (Phi) is 6.50. The lowest BCUT2D eigenvalue weighted by atomic mass is 9.89. The van der Waals surface area contributed by atoms with Crippen LogP contribution in [0.15, 0.2) is 48.5 Å². The smallest absolute Gasteiger partial charge is 0.258 e. The molecule has 0 bridgehead atoms. The maximum atomic E-state index is 13.2. The third-order valence-electron chi connectivity index (χ3n) is 5.42. The first-order valence-electron chi connectivity index (χ1n) is 10.3. The van der Waals surface area contributed by atoms with Crippen molar-refractivity contribution in [1.82, 2.24) is 5.32 Å². The van der Waals surface area contributed by atoms with E-state index in [-0.39, 0.29) is 23.9 Å². The molecule has 0 radical (unpaired) electrons. The minimum atomic E-state index is -0.0566. The number of rotatable bonds is 6. The van der Waals surface area contributed by atoms with E-state index >= 15 is 0 Å². The Morgan fingerprint density at radius 1 is 1.11 bits per heavy atom. The molecule has 1 N–H and O–H groups in total. The fraction of sp³-hybridized carbons (Fsp3) is 0.417. The Labute approximate surface area is 167 Å². The summed E-state index contributed by atoms with van der Waals surface area (Å²) >= 11 is 0. The van der Waals surface area contributed by atoms with Crippen LogP contribution in [0.2, 0.25) is 0 Å². The highest BCUT2D eigenvalue weighted by Crippen LogP contribution is 2.38. The highest BCUT2D eigenvalue weighted by Gasteiger charge is 2.34. The van der Waals surface area contributed by atoms with Crippen LogP contribution in [0.3, 0.4) is 0 Å². The predicted molar refractivity (Wildman–Crippen MR) is 114 cm³/mol. The van der Waals surface area contributed by atoms with Gasteiger partial charge in [0.25, 0.3) is 5.91 Å². The van der Waals surface area contributed by atoms with E-state index in [0.717, 1.165) is 36.1 Å². The molecule has 28 heavy (non-hydrogen) atoms. The van der Waals surface area contributed by atoms with Crippen LogP contribution in [-0.4, -0.2) is 17.9 Å². The molecule has 4 heteroatoms. The second-order valence-corrected chi connectivity index (χ2v) is 7.77. The number of carbonyl (C=O) groups excluding carboxylic acids is 2. The van der Waals surface area contributed by atoms with E-state index in [1.807, 2.05) is 54.3 Å². The van der Waals surface area contributed by atoms with Gasteiger partial charge in [0.1, 0.15) is 0 Å². The molecule has 1 aliphatic rings. The second kappa shape index (κ2) is 9.05. The number of hydrogen-bond donors (Lipinski definition) is 1. The van der Waals surface area contributed by atoms with Crippen molar-refractivity contribution in [3.05, 3.63) is 65.2 Å². The van der Waals surface area contributed by atoms with Crippen LogP contribution in [0.1, 0.15) is 73.5 Å². The summed E-state index contributed by atoms with van der Waals surface area (Å²) in [5, 5.41) is 3.21. The lowest BCUT2D eigenvalue weighted by molar-refractivity contribution is -0.122. The molecule has 0 aromatic heterocycles. The first-order valence-corrected chi connectivity index (χ1v) is 10.3. The topological polar surface area (TPSA) is 49.4 Å². The summed E-state index contributed by atoms with van der Waals surface area (Å²) in [7, 11) is 0. The van der Waals surface area contributed by atoms with Gasteiger partial charge in [0.2, 0.25) is 5.91 Å². The Bertz CT molecular complexity index is 832.